The minimum Gasteiger partial charge on any atom is -0.459 e. The van der Waals surface area contributed by atoms with Gasteiger partial charge in [-0.3, -0.25) is 4.79 Å². The van der Waals surface area contributed by atoms with E-state index in [0.29, 0.717) is 6.07 Å². The number of halogens is 2. The highest BCUT2D eigenvalue weighted by Crippen LogP contribution is 2.30. The summed E-state index contributed by atoms with van der Waals surface area (Å²) in [5.74, 6) is -2.02. The lowest BCUT2D eigenvalue weighted by molar-refractivity contribution is -0.153. The zero-order valence-electron chi connectivity index (χ0n) is 11.3. The molecular formula is C13H17F2NO2S. The topological polar surface area (TPSA) is 52.3 Å². The van der Waals surface area contributed by atoms with Crippen molar-refractivity contribution >= 4 is 23.4 Å². The smallest absolute Gasteiger partial charge is 0.319 e. The van der Waals surface area contributed by atoms with Crippen LogP contribution in [0.25, 0.3) is 0 Å². The molecule has 0 saturated carbocycles. The van der Waals surface area contributed by atoms with Crippen LogP contribution < -0.4 is 5.73 Å². The summed E-state index contributed by atoms with van der Waals surface area (Å²) in [6.07, 6.45) is 0. The third-order valence-corrected chi connectivity index (χ3v) is 3.21. The SMILES string of the molecule is CC(Sc1cc(N)c(F)cc1F)C(=O)OC(C)(C)C. The molecule has 19 heavy (non-hydrogen) atoms. The van der Waals surface area contributed by atoms with Gasteiger partial charge >= 0.3 is 5.97 Å². The van der Waals surface area contributed by atoms with Gasteiger partial charge in [-0.25, -0.2) is 8.78 Å². The van der Waals surface area contributed by atoms with Gasteiger partial charge in [0.15, 0.2) is 0 Å². The lowest BCUT2D eigenvalue weighted by Crippen LogP contribution is -2.28. The molecule has 1 atom stereocenters. The highest BCUT2D eigenvalue weighted by atomic mass is 32.2. The van der Waals surface area contributed by atoms with Crippen LogP contribution >= 0.6 is 11.8 Å². The van der Waals surface area contributed by atoms with Crippen LogP contribution in [0.5, 0.6) is 0 Å². The number of carbonyl (C=O) groups is 1. The van der Waals surface area contributed by atoms with Gasteiger partial charge in [0.2, 0.25) is 0 Å². The minimum atomic E-state index is -0.813. The Morgan fingerprint density at radius 3 is 2.42 bits per heavy atom. The fourth-order valence-corrected chi connectivity index (χ4v) is 2.15. The molecule has 1 rings (SSSR count). The molecule has 0 aromatic heterocycles. The van der Waals surface area contributed by atoms with Crippen LogP contribution in [0.1, 0.15) is 27.7 Å². The Labute approximate surface area is 115 Å². The van der Waals surface area contributed by atoms with Gasteiger partial charge in [0.1, 0.15) is 22.5 Å². The van der Waals surface area contributed by atoms with E-state index in [4.69, 9.17) is 10.5 Å². The average molecular weight is 289 g/mol. The summed E-state index contributed by atoms with van der Waals surface area (Å²) in [5.41, 5.74) is 4.61. The Morgan fingerprint density at radius 1 is 1.32 bits per heavy atom. The van der Waals surface area contributed by atoms with Crippen LogP contribution in [-0.2, 0) is 9.53 Å². The van der Waals surface area contributed by atoms with E-state index < -0.39 is 28.5 Å². The highest BCUT2D eigenvalue weighted by molar-refractivity contribution is 8.00. The lowest BCUT2D eigenvalue weighted by Gasteiger charge is -2.22. The maximum atomic E-state index is 13.5. The first-order chi connectivity index (χ1) is 8.60. The van der Waals surface area contributed by atoms with Crippen LogP contribution in [-0.4, -0.2) is 16.8 Å². The largest absolute Gasteiger partial charge is 0.459 e. The molecule has 6 heteroatoms. The standard InChI is InChI=1S/C13H17F2NO2S/c1-7(12(17)18-13(2,3)4)19-11-6-10(16)8(14)5-9(11)15/h5-7H,16H2,1-4H3. The normalized spacial score (nSPS) is 13.2. The average Bonchev–Trinajstić information content (AvgIpc) is 2.23. The third-order valence-electron chi connectivity index (χ3n) is 2.09. The van der Waals surface area contributed by atoms with Crippen molar-refractivity contribution in [3.05, 3.63) is 23.8 Å². The number of esters is 1. The fourth-order valence-electron chi connectivity index (χ4n) is 1.26. The number of rotatable bonds is 3. The molecule has 0 fully saturated rings. The quantitative estimate of drug-likeness (QED) is 0.526. The molecule has 2 N–H and O–H groups in total. The van der Waals surface area contributed by atoms with Crippen molar-refractivity contribution in [3.8, 4) is 0 Å². The van der Waals surface area contributed by atoms with Gasteiger partial charge in [0, 0.05) is 11.0 Å². The van der Waals surface area contributed by atoms with Crippen LogP contribution in [0.3, 0.4) is 0 Å². The number of nitrogen functional groups attached to an aromatic ring is 1. The van der Waals surface area contributed by atoms with E-state index in [1.165, 1.54) is 6.07 Å². The highest BCUT2D eigenvalue weighted by Gasteiger charge is 2.23. The molecule has 0 spiro atoms. The number of ether oxygens (including phenoxy) is 1. The molecule has 1 aromatic rings. The van der Waals surface area contributed by atoms with Crippen molar-refractivity contribution in [1.29, 1.82) is 0 Å². The van der Waals surface area contributed by atoms with Gasteiger partial charge in [-0.1, -0.05) is 0 Å². The fraction of sp³-hybridized carbons (Fsp3) is 0.462. The molecule has 1 unspecified atom stereocenters. The summed E-state index contributed by atoms with van der Waals surface area (Å²) in [7, 11) is 0. The van der Waals surface area contributed by atoms with E-state index in [-0.39, 0.29) is 10.6 Å². The van der Waals surface area contributed by atoms with E-state index in [2.05, 4.69) is 0 Å². The number of anilines is 1. The molecule has 0 aliphatic carbocycles. The monoisotopic (exact) mass is 289 g/mol. The molecule has 0 saturated heterocycles. The van der Waals surface area contributed by atoms with E-state index >= 15 is 0 Å². The molecule has 106 valence electrons. The lowest BCUT2D eigenvalue weighted by atomic mass is 10.2. The Hall–Kier alpha value is -1.30. The van der Waals surface area contributed by atoms with Gasteiger partial charge in [-0.2, -0.15) is 0 Å². The number of hydrogen-bond donors (Lipinski definition) is 1. The second kappa shape index (κ2) is 5.77. The molecule has 1 aromatic carbocycles. The molecule has 0 bridgehead atoms. The number of hydrogen-bond acceptors (Lipinski definition) is 4. The zero-order valence-corrected chi connectivity index (χ0v) is 12.1. The van der Waals surface area contributed by atoms with Crippen LogP contribution in [0, 0.1) is 11.6 Å². The van der Waals surface area contributed by atoms with Crippen LogP contribution in [0.4, 0.5) is 14.5 Å². The molecular weight excluding hydrogens is 272 g/mol. The molecule has 0 aliphatic rings. The Morgan fingerprint density at radius 2 is 1.89 bits per heavy atom. The predicted octanol–water partition coefficient (Wildman–Crippen LogP) is 3.37. The Kier molecular flexibility index (Phi) is 4.79. The van der Waals surface area contributed by atoms with Gasteiger partial charge in [0.25, 0.3) is 0 Å². The summed E-state index contributed by atoms with van der Waals surface area (Å²) in [6.45, 7) is 6.84. The first-order valence-electron chi connectivity index (χ1n) is 5.74. The van der Waals surface area contributed by atoms with Crippen LogP contribution in [0.2, 0.25) is 0 Å². The number of thioether (sulfide) groups is 1. The van der Waals surface area contributed by atoms with Crippen molar-refractivity contribution in [2.24, 2.45) is 0 Å². The van der Waals surface area contributed by atoms with E-state index in [9.17, 15) is 13.6 Å². The van der Waals surface area contributed by atoms with Crippen LogP contribution in [0.15, 0.2) is 17.0 Å². The maximum Gasteiger partial charge on any atom is 0.319 e. The summed E-state index contributed by atoms with van der Waals surface area (Å²) in [5, 5.41) is -0.612. The first kappa shape index (κ1) is 15.8. The van der Waals surface area contributed by atoms with E-state index in [0.717, 1.165) is 11.8 Å². The Bertz CT molecular complexity index is 486. The van der Waals surface area contributed by atoms with Crippen molar-refractivity contribution < 1.29 is 18.3 Å². The minimum absolute atomic E-state index is 0.122. The molecule has 0 amide bonds. The van der Waals surface area contributed by atoms with Crippen molar-refractivity contribution in [2.75, 3.05) is 5.73 Å². The third kappa shape index (κ3) is 4.70. The van der Waals surface area contributed by atoms with Gasteiger partial charge in [-0.05, 0) is 33.8 Å². The van der Waals surface area contributed by atoms with Crippen molar-refractivity contribution in [3.63, 3.8) is 0 Å². The summed E-state index contributed by atoms with van der Waals surface area (Å²) < 4.78 is 31.7. The summed E-state index contributed by atoms with van der Waals surface area (Å²) in [4.78, 5) is 11.9. The van der Waals surface area contributed by atoms with E-state index in [1.807, 2.05) is 0 Å². The summed E-state index contributed by atoms with van der Waals surface area (Å²) in [6, 6.07) is 1.88. The second-order valence-corrected chi connectivity index (χ2v) is 6.48. The summed E-state index contributed by atoms with van der Waals surface area (Å²) >= 11 is 0.946. The first-order valence-corrected chi connectivity index (χ1v) is 6.62. The molecule has 0 aliphatic heterocycles. The molecule has 0 heterocycles. The van der Waals surface area contributed by atoms with Gasteiger partial charge in [-0.15, -0.1) is 11.8 Å². The Balaban J connectivity index is 2.80. The zero-order chi connectivity index (χ0) is 14.8. The number of benzene rings is 1. The van der Waals surface area contributed by atoms with Crippen molar-refractivity contribution in [2.45, 2.75) is 43.4 Å². The molecule has 0 radical (unpaired) electrons. The number of carbonyl (C=O) groups excluding carboxylic acids is 1. The predicted molar refractivity (Wildman–Crippen MR) is 71.9 cm³/mol. The van der Waals surface area contributed by atoms with Gasteiger partial charge < -0.3 is 10.5 Å². The second-order valence-electron chi connectivity index (χ2n) is 5.10. The van der Waals surface area contributed by atoms with E-state index in [1.54, 1.807) is 27.7 Å². The van der Waals surface area contributed by atoms with Gasteiger partial charge in [0.05, 0.1) is 5.69 Å². The van der Waals surface area contributed by atoms with Crippen molar-refractivity contribution in [1.82, 2.24) is 0 Å². The molecule has 3 nitrogen and oxygen atoms in total. The number of nitrogens with two attached hydrogens (primary N) is 1. The maximum absolute atomic E-state index is 13.5.